The average molecular weight is 526 g/mol. The Morgan fingerprint density at radius 1 is 1.03 bits per heavy atom. The van der Waals surface area contributed by atoms with Crippen molar-refractivity contribution in [3.8, 4) is 5.69 Å². The molecule has 1 amide bonds. The lowest BCUT2D eigenvalue weighted by atomic mass is 9.94. The molecule has 1 saturated heterocycles. The van der Waals surface area contributed by atoms with E-state index in [0.29, 0.717) is 10.8 Å². The van der Waals surface area contributed by atoms with E-state index in [9.17, 15) is 4.79 Å². The summed E-state index contributed by atoms with van der Waals surface area (Å²) in [6.07, 6.45) is 9.24. The molecule has 2 aromatic carbocycles. The molecule has 6 nitrogen and oxygen atoms in total. The maximum atomic E-state index is 13.5. The number of pyridine rings is 1. The summed E-state index contributed by atoms with van der Waals surface area (Å²) < 4.78 is 1.95. The molecule has 1 saturated carbocycles. The van der Waals surface area contributed by atoms with E-state index in [0.717, 1.165) is 63.5 Å². The van der Waals surface area contributed by atoms with E-state index >= 15 is 0 Å². The van der Waals surface area contributed by atoms with Gasteiger partial charge in [0.1, 0.15) is 10.7 Å². The molecule has 0 bridgehead atoms. The van der Waals surface area contributed by atoms with E-state index in [4.69, 9.17) is 17.3 Å². The molecular weight excluding hydrogens is 498 g/mol. The summed E-state index contributed by atoms with van der Waals surface area (Å²) in [5, 5.41) is 10.6. The van der Waals surface area contributed by atoms with Crippen LogP contribution in [0.25, 0.3) is 22.7 Å². The predicted octanol–water partition coefficient (Wildman–Crippen LogP) is 6.27. The first kappa shape index (κ1) is 23.9. The fourth-order valence-corrected chi connectivity index (χ4v) is 6.67. The van der Waals surface area contributed by atoms with E-state index in [-0.39, 0.29) is 11.9 Å². The maximum absolute atomic E-state index is 13.5. The molecule has 0 unspecified atom stereocenters. The van der Waals surface area contributed by atoms with Crippen molar-refractivity contribution in [3.63, 3.8) is 0 Å². The molecule has 2 aliphatic rings. The van der Waals surface area contributed by atoms with Crippen molar-refractivity contribution in [2.24, 2.45) is 0 Å². The van der Waals surface area contributed by atoms with Gasteiger partial charge in [-0.1, -0.05) is 67.4 Å². The summed E-state index contributed by atoms with van der Waals surface area (Å²) >= 11 is 7.22. The standard InChI is InChI=1S/C29H27N5OS2/c1-19-23(18-24-27(35)33(29(36)31-24)21-12-4-2-5-13-21)28(34(32-19)22-14-6-3-7-15-22)37-25-16-8-10-20-11-9-17-30-26(20)25/h3,6-11,14-18,21H,2,4-5,12-13H2,1H3,(H,31,36)/b24-18+. The van der Waals surface area contributed by atoms with E-state index < -0.39 is 0 Å². The summed E-state index contributed by atoms with van der Waals surface area (Å²) in [5.74, 6) is -0.0495. The summed E-state index contributed by atoms with van der Waals surface area (Å²) in [7, 11) is 0. The van der Waals surface area contributed by atoms with Crippen LogP contribution in [0.5, 0.6) is 0 Å². The number of amides is 1. The van der Waals surface area contributed by atoms with Crippen molar-refractivity contribution in [2.45, 2.75) is 55.0 Å². The van der Waals surface area contributed by atoms with E-state index in [1.54, 1.807) is 16.7 Å². The van der Waals surface area contributed by atoms with Crippen LogP contribution in [0.2, 0.25) is 0 Å². The normalized spacial score (nSPS) is 17.6. The monoisotopic (exact) mass is 525 g/mol. The van der Waals surface area contributed by atoms with Gasteiger partial charge in [0.15, 0.2) is 5.11 Å². The SMILES string of the molecule is Cc1nn(-c2ccccc2)c(Sc2cccc3cccnc23)c1/C=C1/NC(=S)N(C2CCCCC2)C1=O. The van der Waals surface area contributed by atoms with Gasteiger partial charge in [0.2, 0.25) is 0 Å². The number of thiocarbonyl (C=S) groups is 1. The van der Waals surface area contributed by atoms with Gasteiger partial charge in [-0.2, -0.15) is 5.10 Å². The molecule has 1 N–H and O–H groups in total. The highest BCUT2D eigenvalue weighted by Crippen LogP contribution is 2.38. The van der Waals surface area contributed by atoms with Gasteiger partial charge >= 0.3 is 0 Å². The van der Waals surface area contributed by atoms with E-state index in [1.807, 2.05) is 66.3 Å². The van der Waals surface area contributed by atoms with Crippen LogP contribution in [0.4, 0.5) is 0 Å². The van der Waals surface area contributed by atoms with E-state index in [1.165, 1.54) is 6.42 Å². The summed E-state index contributed by atoms with van der Waals surface area (Å²) in [6, 6.07) is 20.4. The summed E-state index contributed by atoms with van der Waals surface area (Å²) in [4.78, 5) is 21.0. The third-order valence-electron chi connectivity index (χ3n) is 7.00. The zero-order chi connectivity index (χ0) is 25.4. The molecule has 4 aromatic rings. The zero-order valence-electron chi connectivity index (χ0n) is 20.6. The Bertz CT molecular complexity index is 1520. The highest BCUT2D eigenvalue weighted by atomic mass is 32.2. The van der Waals surface area contributed by atoms with Crippen LogP contribution in [0.1, 0.15) is 43.4 Å². The molecule has 3 heterocycles. The Morgan fingerprint density at radius 2 is 1.81 bits per heavy atom. The van der Waals surface area contributed by atoms with E-state index in [2.05, 4.69) is 28.5 Å². The second-order valence-electron chi connectivity index (χ2n) is 9.44. The maximum Gasteiger partial charge on any atom is 0.276 e. The minimum absolute atomic E-state index is 0.0495. The van der Waals surface area contributed by atoms with Gasteiger partial charge in [-0.25, -0.2) is 4.68 Å². The Morgan fingerprint density at radius 3 is 2.62 bits per heavy atom. The van der Waals surface area contributed by atoms with Crippen molar-refractivity contribution >= 4 is 52.0 Å². The third kappa shape index (κ3) is 4.55. The smallest absolute Gasteiger partial charge is 0.276 e. The Balaban J connectivity index is 1.44. The molecule has 6 rings (SSSR count). The van der Waals surface area contributed by atoms with Crippen LogP contribution in [-0.2, 0) is 4.79 Å². The fraction of sp³-hybridized carbons (Fsp3) is 0.241. The number of carbonyl (C=O) groups excluding carboxylic acids is 1. The number of para-hydroxylation sites is 2. The highest BCUT2D eigenvalue weighted by molar-refractivity contribution is 7.99. The van der Waals surface area contributed by atoms with Gasteiger partial charge in [0.05, 0.1) is 16.9 Å². The lowest BCUT2D eigenvalue weighted by Gasteiger charge is -2.29. The van der Waals surface area contributed by atoms with Crippen molar-refractivity contribution < 1.29 is 4.79 Å². The molecule has 0 radical (unpaired) electrons. The lowest BCUT2D eigenvalue weighted by Crippen LogP contribution is -2.41. The Hall–Kier alpha value is -3.49. The fourth-order valence-electron chi connectivity index (χ4n) is 5.15. The number of hydrogen-bond acceptors (Lipinski definition) is 5. The van der Waals surface area contributed by atoms with Gasteiger partial charge in [-0.15, -0.1) is 0 Å². The number of aryl methyl sites for hydroxylation is 1. The Labute approximate surface area is 225 Å². The molecule has 0 spiro atoms. The molecule has 1 aliphatic heterocycles. The number of hydrogen-bond donors (Lipinski definition) is 1. The number of nitrogens with one attached hydrogen (secondary N) is 1. The molecule has 0 atom stereocenters. The first-order chi connectivity index (χ1) is 18.1. The Kier molecular flexibility index (Phi) is 6.52. The molecule has 8 heteroatoms. The van der Waals surface area contributed by atoms with Crippen LogP contribution in [0.15, 0.2) is 82.5 Å². The van der Waals surface area contributed by atoms with Crippen LogP contribution >= 0.6 is 24.0 Å². The number of carbonyl (C=O) groups is 1. The quantitative estimate of drug-likeness (QED) is 0.245. The van der Waals surface area contributed by atoms with Crippen LogP contribution in [0, 0.1) is 6.92 Å². The third-order valence-corrected chi connectivity index (χ3v) is 8.44. The molecular formula is C29H27N5OS2. The van der Waals surface area contributed by atoms with Gasteiger partial charge in [-0.05, 0) is 62.3 Å². The summed E-state index contributed by atoms with van der Waals surface area (Å²) in [6.45, 7) is 1.98. The lowest BCUT2D eigenvalue weighted by molar-refractivity contribution is -0.124. The van der Waals surface area contributed by atoms with Crippen LogP contribution in [0.3, 0.4) is 0 Å². The zero-order valence-corrected chi connectivity index (χ0v) is 22.2. The van der Waals surface area contributed by atoms with Crippen LogP contribution < -0.4 is 5.32 Å². The van der Waals surface area contributed by atoms with Crippen molar-refractivity contribution in [1.82, 2.24) is 25.0 Å². The largest absolute Gasteiger partial charge is 0.328 e. The number of fused-ring (bicyclic) bond motifs is 1. The first-order valence-corrected chi connectivity index (χ1v) is 13.9. The molecule has 37 heavy (non-hydrogen) atoms. The van der Waals surface area contributed by atoms with Gasteiger partial charge in [0, 0.05) is 28.1 Å². The number of aromatic nitrogens is 3. The second kappa shape index (κ2) is 10.1. The van der Waals surface area contributed by atoms with Gasteiger partial charge < -0.3 is 5.32 Å². The second-order valence-corrected chi connectivity index (χ2v) is 10.9. The van der Waals surface area contributed by atoms with Gasteiger partial charge in [0.25, 0.3) is 5.91 Å². The predicted molar refractivity (Wildman–Crippen MR) is 152 cm³/mol. The van der Waals surface area contributed by atoms with Gasteiger partial charge in [-0.3, -0.25) is 14.7 Å². The minimum atomic E-state index is -0.0495. The number of rotatable bonds is 5. The van der Waals surface area contributed by atoms with Crippen molar-refractivity contribution in [3.05, 3.63) is 83.8 Å². The topological polar surface area (TPSA) is 63.1 Å². The first-order valence-electron chi connectivity index (χ1n) is 12.6. The van der Waals surface area contributed by atoms with Crippen molar-refractivity contribution in [2.75, 3.05) is 0 Å². The molecule has 186 valence electrons. The molecule has 2 aromatic heterocycles. The number of benzene rings is 2. The van der Waals surface area contributed by atoms with Crippen LogP contribution in [-0.4, -0.2) is 36.7 Å². The molecule has 1 aliphatic carbocycles. The summed E-state index contributed by atoms with van der Waals surface area (Å²) in [5.41, 5.74) is 4.13. The molecule has 2 fully saturated rings. The average Bonchev–Trinajstić information content (AvgIpc) is 3.39. The van der Waals surface area contributed by atoms with Crippen molar-refractivity contribution in [1.29, 1.82) is 0 Å². The minimum Gasteiger partial charge on any atom is -0.328 e. The number of nitrogens with zero attached hydrogens (tertiary/aromatic N) is 4. The highest BCUT2D eigenvalue weighted by Gasteiger charge is 2.37.